The van der Waals surface area contributed by atoms with Crippen LogP contribution in [-0.4, -0.2) is 0 Å². The van der Waals surface area contributed by atoms with E-state index >= 15 is 0 Å². The summed E-state index contributed by atoms with van der Waals surface area (Å²) in [4.78, 5) is 0. The molecule has 0 radical (unpaired) electrons. The number of hydrogen-bond acceptors (Lipinski definition) is 0. The van der Waals surface area contributed by atoms with Gasteiger partial charge in [0.1, 0.15) is 0 Å². The molecule has 0 bridgehead atoms. The zero-order valence-electron chi connectivity index (χ0n) is 12.7. The second kappa shape index (κ2) is 5.89. The summed E-state index contributed by atoms with van der Waals surface area (Å²) in [7, 11) is 0. The van der Waals surface area contributed by atoms with Crippen molar-refractivity contribution in [2.24, 2.45) is 5.41 Å². The lowest BCUT2D eigenvalue weighted by Crippen LogP contribution is -2.22. The Bertz CT molecular complexity index is 294. The average Bonchev–Trinajstić information content (AvgIpc) is 2.66. The Morgan fingerprint density at radius 2 is 0.941 bits per heavy atom. The van der Waals surface area contributed by atoms with Crippen LogP contribution in [0.1, 0.15) is 80.1 Å². The summed E-state index contributed by atoms with van der Waals surface area (Å²) in [5, 5.41) is 0. The van der Waals surface area contributed by atoms with Crippen LogP contribution >= 0.6 is 0 Å². The van der Waals surface area contributed by atoms with E-state index in [2.05, 4.69) is 41.5 Å². The lowest BCUT2D eigenvalue weighted by molar-refractivity contribution is 0.383. The fourth-order valence-corrected chi connectivity index (χ4v) is 4.18. The molecule has 0 atom stereocenters. The SMILES string of the molecule is CCC1=C(CC)C(CC)(CC)C(CC)=C1CC. The van der Waals surface area contributed by atoms with Crippen LogP contribution in [0.25, 0.3) is 0 Å². The van der Waals surface area contributed by atoms with E-state index in [1.165, 1.54) is 38.5 Å². The van der Waals surface area contributed by atoms with Crippen molar-refractivity contribution < 1.29 is 0 Å². The smallest absolute Gasteiger partial charge is 0.0127 e. The first-order valence-corrected chi connectivity index (χ1v) is 7.61. The predicted molar refractivity (Wildman–Crippen MR) is 78.2 cm³/mol. The minimum absolute atomic E-state index is 0.417. The van der Waals surface area contributed by atoms with Crippen LogP contribution in [0.4, 0.5) is 0 Å². The lowest BCUT2D eigenvalue weighted by Gasteiger charge is -2.34. The highest BCUT2D eigenvalue weighted by molar-refractivity contribution is 5.53. The first-order valence-electron chi connectivity index (χ1n) is 7.61. The number of allylic oxidation sites excluding steroid dienone is 4. The summed E-state index contributed by atoms with van der Waals surface area (Å²) < 4.78 is 0. The second-order valence-corrected chi connectivity index (χ2v) is 5.12. The maximum absolute atomic E-state index is 2.38. The summed E-state index contributed by atoms with van der Waals surface area (Å²) in [6, 6.07) is 0. The van der Waals surface area contributed by atoms with Crippen molar-refractivity contribution in [3.05, 3.63) is 22.3 Å². The molecule has 1 aliphatic rings. The van der Waals surface area contributed by atoms with Gasteiger partial charge in [0, 0.05) is 5.41 Å². The molecule has 98 valence electrons. The largest absolute Gasteiger partial charge is 0.0642 e. The molecule has 1 aliphatic carbocycles. The Hall–Kier alpha value is -0.520. The first kappa shape index (κ1) is 14.5. The molecule has 0 N–H and O–H groups in total. The molecule has 0 unspecified atom stereocenters. The summed E-state index contributed by atoms with van der Waals surface area (Å²) in [5.74, 6) is 0. The highest BCUT2D eigenvalue weighted by atomic mass is 14.4. The van der Waals surface area contributed by atoms with Crippen LogP contribution in [0.2, 0.25) is 0 Å². The third-order valence-corrected chi connectivity index (χ3v) is 4.87. The molecule has 0 heterocycles. The van der Waals surface area contributed by atoms with Crippen molar-refractivity contribution in [3.63, 3.8) is 0 Å². The van der Waals surface area contributed by atoms with Crippen molar-refractivity contribution in [2.45, 2.75) is 80.1 Å². The standard InChI is InChI=1S/C17H30/c1-7-13-14(8-2)16(10-4)17(11-5,12-6)15(13)9-3/h7-12H2,1-6H3. The summed E-state index contributed by atoms with van der Waals surface area (Å²) in [6.07, 6.45) is 7.47. The Labute approximate surface area is 108 Å². The third kappa shape index (κ3) is 2.00. The molecule has 0 aromatic carbocycles. The third-order valence-electron chi connectivity index (χ3n) is 4.87. The predicted octanol–water partition coefficient (Wildman–Crippen LogP) is 6.04. The zero-order chi connectivity index (χ0) is 13.1. The van der Waals surface area contributed by atoms with Crippen molar-refractivity contribution >= 4 is 0 Å². The van der Waals surface area contributed by atoms with E-state index in [4.69, 9.17) is 0 Å². The van der Waals surface area contributed by atoms with Gasteiger partial charge in [-0.15, -0.1) is 0 Å². The van der Waals surface area contributed by atoms with Gasteiger partial charge in [-0.25, -0.2) is 0 Å². The summed E-state index contributed by atoms with van der Waals surface area (Å²) >= 11 is 0. The minimum Gasteiger partial charge on any atom is -0.0642 e. The van der Waals surface area contributed by atoms with Gasteiger partial charge in [0.2, 0.25) is 0 Å². The van der Waals surface area contributed by atoms with Crippen molar-refractivity contribution in [1.29, 1.82) is 0 Å². The molecule has 0 fully saturated rings. The van der Waals surface area contributed by atoms with Gasteiger partial charge in [-0.3, -0.25) is 0 Å². The molecular weight excluding hydrogens is 204 g/mol. The van der Waals surface area contributed by atoms with Crippen molar-refractivity contribution in [2.75, 3.05) is 0 Å². The quantitative estimate of drug-likeness (QED) is 0.525. The van der Waals surface area contributed by atoms with E-state index in [-0.39, 0.29) is 0 Å². The van der Waals surface area contributed by atoms with Crippen LogP contribution in [0, 0.1) is 5.41 Å². The van der Waals surface area contributed by atoms with Gasteiger partial charge in [0.25, 0.3) is 0 Å². The Morgan fingerprint density at radius 3 is 1.12 bits per heavy atom. The van der Waals surface area contributed by atoms with Gasteiger partial charge in [-0.2, -0.15) is 0 Å². The lowest BCUT2D eigenvalue weighted by atomic mass is 9.70. The van der Waals surface area contributed by atoms with Gasteiger partial charge in [-0.05, 0) is 49.7 Å². The zero-order valence-corrected chi connectivity index (χ0v) is 12.7. The monoisotopic (exact) mass is 234 g/mol. The first-order chi connectivity index (χ1) is 8.16. The molecule has 0 aliphatic heterocycles. The molecule has 0 saturated carbocycles. The molecule has 0 saturated heterocycles. The molecule has 1 rings (SSSR count). The Balaban J connectivity index is 3.45. The molecule has 0 aromatic rings. The van der Waals surface area contributed by atoms with Crippen LogP contribution in [0.5, 0.6) is 0 Å². The minimum atomic E-state index is 0.417. The van der Waals surface area contributed by atoms with Crippen LogP contribution in [0.3, 0.4) is 0 Å². The second-order valence-electron chi connectivity index (χ2n) is 5.12. The highest BCUT2D eigenvalue weighted by Crippen LogP contribution is 2.55. The number of hydrogen-bond donors (Lipinski definition) is 0. The maximum atomic E-state index is 2.38. The topological polar surface area (TPSA) is 0 Å². The summed E-state index contributed by atoms with van der Waals surface area (Å²) in [5.41, 5.74) is 7.35. The fraction of sp³-hybridized carbons (Fsp3) is 0.765. The van der Waals surface area contributed by atoms with E-state index in [9.17, 15) is 0 Å². The van der Waals surface area contributed by atoms with Gasteiger partial charge >= 0.3 is 0 Å². The molecule has 17 heavy (non-hydrogen) atoms. The van der Waals surface area contributed by atoms with E-state index in [0.29, 0.717) is 5.41 Å². The fourth-order valence-electron chi connectivity index (χ4n) is 4.18. The normalized spacial score (nSPS) is 19.4. The van der Waals surface area contributed by atoms with Gasteiger partial charge in [-0.1, -0.05) is 52.7 Å². The van der Waals surface area contributed by atoms with Crippen LogP contribution in [-0.2, 0) is 0 Å². The molecule has 0 heteroatoms. The van der Waals surface area contributed by atoms with Crippen LogP contribution in [0.15, 0.2) is 22.3 Å². The summed E-state index contributed by atoms with van der Waals surface area (Å²) in [6.45, 7) is 14.1. The van der Waals surface area contributed by atoms with Crippen molar-refractivity contribution in [1.82, 2.24) is 0 Å². The number of rotatable bonds is 6. The Morgan fingerprint density at radius 1 is 0.588 bits per heavy atom. The van der Waals surface area contributed by atoms with Crippen molar-refractivity contribution in [3.8, 4) is 0 Å². The van der Waals surface area contributed by atoms with E-state index in [0.717, 1.165) is 0 Å². The molecule has 0 nitrogen and oxygen atoms in total. The van der Waals surface area contributed by atoms with Crippen LogP contribution < -0.4 is 0 Å². The highest BCUT2D eigenvalue weighted by Gasteiger charge is 2.40. The van der Waals surface area contributed by atoms with Gasteiger partial charge < -0.3 is 0 Å². The maximum Gasteiger partial charge on any atom is 0.0127 e. The molecule has 0 aromatic heterocycles. The molecular formula is C17H30. The molecule has 0 spiro atoms. The van der Waals surface area contributed by atoms with E-state index in [1.54, 1.807) is 22.3 Å². The van der Waals surface area contributed by atoms with E-state index < -0.39 is 0 Å². The molecule has 0 amide bonds. The average molecular weight is 234 g/mol. The van der Waals surface area contributed by atoms with Gasteiger partial charge in [0.15, 0.2) is 0 Å². The Kier molecular flexibility index (Phi) is 5.04. The van der Waals surface area contributed by atoms with Gasteiger partial charge in [0.05, 0.1) is 0 Å². The van der Waals surface area contributed by atoms with E-state index in [1.807, 2.05) is 0 Å².